The smallest absolute Gasteiger partial charge is 0.265 e. The van der Waals surface area contributed by atoms with E-state index >= 15 is 0 Å². The first kappa shape index (κ1) is 7.82. The molecule has 5 heteroatoms. The Morgan fingerprint density at radius 1 is 1.58 bits per heavy atom. The molecule has 0 radical (unpaired) electrons. The second-order valence-electron chi connectivity index (χ2n) is 2.53. The van der Waals surface area contributed by atoms with Gasteiger partial charge >= 0.3 is 0 Å². The van der Waals surface area contributed by atoms with Gasteiger partial charge in [0.15, 0.2) is 0 Å². The van der Waals surface area contributed by atoms with Gasteiger partial charge in [-0.15, -0.1) is 11.3 Å². The monoisotopic (exact) mass is 201 g/mol. The van der Waals surface area contributed by atoms with E-state index in [1.807, 2.05) is 0 Å². The van der Waals surface area contributed by atoms with Crippen LogP contribution in [0.5, 0.6) is 0 Å². The van der Waals surface area contributed by atoms with E-state index < -0.39 is 10.0 Å². The molecular formula is C7H7NO2S2. The molecule has 0 aromatic carbocycles. The van der Waals surface area contributed by atoms with Crippen LogP contribution in [-0.4, -0.2) is 19.8 Å². The Morgan fingerprint density at radius 3 is 2.83 bits per heavy atom. The molecule has 12 heavy (non-hydrogen) atoms. The molecule has 0 saturated carbocycles. The molecule has 0 saturated heterocycles. The van der Waals surface area contributed by atoms with E-state index in [2.05, 4.69) is 6.58 Å². The Bertz CT molecular complexity index is 444. The molecule has 64 valence electrons. The lowest BCUT2D eigenvalue weighted by Crippen LogP contribution is -2.17. The summed E-state index contributed by atoms with van der Waals surface area (Å²) >= 11 is 1.41. The van der Waals surface area contributed by atoms with Crippen molar-refractivity contribution >= 4 is 27.1 Å². The van der Waals surface area contributed by atoms with Crippen molar-refractivity contribution in [3.8, 4) is 0 Å². The quantitative estimate of drug-likeness (QED) is 0.635. The standard InChI is InChI=1S/C7H7NO2S2/c1-5-7-6(3-4-11-7)12(9,10)8(5)2/h3-4H,1H2,2H3. The van der Waals surface area contributed by atoms with Gasteiger partial charge in [-0.1, -0.05) is 6.58 Å². The average molecular weight is 201 g/mol. The van der Waals surface area contributed by atoms with Crippen LogP contribution in [-0.2, 0) is 10.0 Å². The summed E-state index contributed by atoms with van der Waals surface area (Å²) in [5, 5.41) is 1.76. The molecule has 1 aromatic rings. The van der Waals surface area contributed by atoms with E-state index in [4.69, 9.17) is 0 Å². The maximum Gasteiger partial charge on any atom is 0.265 e. The summed E-state index contributed by atoms with van der Waals surface area (Å²) in [4.78, 5) is 1.15. The predicted molar refractivity (Wildman–Crippen MR) is 48.3 cm³/mol. The van der Waals surface area contributed by atoms with Crippen LogP contribution in [0.3, 0.4) is 0 Å². The van der Waals surface area contributed by atoms with Gasteiger partial charge in [-0.05, 0) is 11.4 Å². The second kappa shape index (κ2) is 2.11. The van der Waals surface area contributed by atoms with Crippen LogP contribution in [0.2, 0.25) is 0 Å². The van der Waals surface area contributed by atoms with Crippen molar-refractivity contribution in [2.75, 3.05) is 7.05 Å². The molecular weight excluding hydrogens is 194 g/mol. The van der Waals surface area contributed by atoms with Crippen molar-refractivity contribution in [1.29, 1.82) is 0 Å². The zero-order valence-corrected chi connectivity index (χ0v) is 8.08. The molecule has 0 amide bonds. The Balaban J connectivity index is 2.82. The Morgan fingerprint density at radius 2 is 2.25 bits per heavy atom. The average Bonchev–Trinajstić information content (AvgIpc) is 2.54. The molecule has 1 aliphatic rings. The van der Waals surface area contributed by atoms with E-state index in [-0.39, 0.29) is 0 Å². The highest BCUT2D eigenvalue weighted by molar-refractivity contribution is 7.90. The molecule has 0 atom stereocenters. The van der Waals surface area contributed by atoms with E-state index in [0.29, 0.717) is 10.6 Å². The van der Waals surface area contributed by atoms with Gasteiger partial charge in [0.2, 0.25) is 0 Å². The zero-order valence-electron chi connectivity index (χ0n) is 6.44. The number of hydrogen-bond acceptors (Lipinski definition) is 3. The molecule has 1 aliphatic heterocycles. The minimum absolute atomic E-state index is 0.389. The van der Waals surface area contributed by atoms with Crippen LogP contribution in [0.15, 0.2) is 22.9 Å². The van der Waals surface area contributed by atoms with Crippen LogP contribution < -0.4 is 0 Å². The molecule has 0 aliphatic carbocycles. The molecule has 0 unspecified atom stereocenters. The number of fused-ring (bicyclic) bond motifs is 1. The topological polar surface area (TPSA) is 37.4 Å². The van der Waals surface area contributed by atoms with Crippen molar-refractivity contribution in [1.82, 2.24) is 4.31 Å². The SMILES string of the molecule is C=C1c2sccc2S(=O)(=O)N1C. The lowest BCUT2D eigenvalue weighted by molar-refractivity contribution is 0.555. The lowest BCUT2D eigenvalue weighted by Gasteiger charge is -2.10. The molecule has 0 spiro atoms. The van der Waals surface area contributed by atoms with Crippen LogP contribution in [0.4, 0.5) is 0 Å². The fourth-order valence-electron chi connectivity index (χ4n) is 1.15. The van der Waals surface area contributed by atoms with Crippen molar-refractivity contribution in [2.24, 2.45) is 0 Å². The van der Waals surface area contributed by atoms with Gasteiger partial charge in [-0.25, -0.2) is 8.42 Å². The van der Waals surface area contributed by atoms with E-state index in [0.717, 1.165) is 4.88 Å². The van der Waals surface area contributed by atoms with E-state index in [1.54, 1.807) is 11.4 Å². The summed E-state index contributed by atoms with van der Waals surface area (Å²) in [5.74, 6) is 0. The second-order valence-corrected chi connectivity index (χ2v) is 5.39. The van der Waals surface area contributed by atoms with Gasteiger partial charge in [-0.2, -0.15) is 0 Å². The molecule has 2 rings (SSSR count). The fraction of sp³-hybridized carbons (Fsp3) is 0.143. The van der Waals surface area contributed by atoms with E-state index in [9.17, 15) is 8.42 Å². The molecule has 2 heterocycles. The fourth-order valence-corrected chi connectivity index (χ4v) is 3.82. The summed E-state index contributed by atoms with van der Waals surface area (Å²) in [6, 6.07) is 1.62. The number of sulfonamides is 1. The minimum Gasteiger partial charge on any atom is -0.268 e. The third kappa shape index (κ3) is 0.723. The minimum atomic E-state index is -3.25. The largest absolute Gasteiger partial charge is 0.268 e. The van der Waals surface area contributed by atoms with Crippen molar-refractivity contribution in [3.05, 3.63) is 22.9 Å². The Labute approximate surface area is 75.0 Å². The van der Waals surface area contributed by atoms with Crippen molar-refractivity contribution in [2.45, 2.75) is 4.90 Å². The molecule has 0 bridgehead atoms. The summed E-state index contributed by atoms with van der Waals surface area (Å²) < 4.78 is 24.3. The summed E-state index contributed by atoms with van der Waals surface area (Å²) in [5.41, 5.74) is 0.569. The Hall–Kier alpha value is -0.810. The van der Waals surface area contributed by atoms with Gasteiger partial charge < -0.3 is 0 Å². The predicted octanol–water partition coefficient (Wildman–Crippen LogP) is 1.35. The maximum absolute atomic E-state index is 11.5. The molecule has 0 fully saturated rings. The van der Waals surface area contributed by atoms with Gasteiger partial charge in [0.1, 0.15) is 4.90 Å². The number of rotatable bonds is 0. The molecule has 3 nitrogen and oxygen atoms in total. The first-order chi connectivity index (χ1) is 5.55. The number of thiophene rings is 1. The van der Waals surface area contributed by atoms with Crippen LogP contribution in [0, 0.1) is 0 Å². The summed E-state index contributed by atoms with van der Waals surface area (Å²) in [6.45, 7) is 3.70. The maximum atomic E-state index is 11.5. The third-order valence-electron chi connectivity index (χ3n) is 1.91. The van der Waals surface area contributed by atoms with Gasteiger partial charge in [0.05, 0.1) is 10.6 Å². The summed E-state index contributed by atoms with van der Waals surface area (Å²) in [6.07, 6.45) is 0. The normalized spacial score (nSPS) is 19.8. The van der Waals surface area contributed by atoms with Crippen LogP contribution in [0.1, 0.15) is 4.88 Å². The van der Waals surface area contributed by atoms with Gasteiger partial charge in [0, 0.05) is 7.05 Å². The lowest BCUT2D eigenvalue weighted by atomic mass is 10.4. The number of nitrogens with zero attached hydrogens (tertiary/aromatic N) is 1. The highest BCUT2D eigenvalue weighted by Crippen LogP contribution is 2.39. The summed E-state index contributed by atoms with van der Waals surface area (Å²) in [7, 11) is -1.73. The highest BCUT2D eigenvalue weighted by Gasteiger charge is 2.35. The van der Waals surface area contributed by atoms with Crippen molar-refractivity contribution in [3.63, 3.8) is 0 Å². The van der Waals surface area contributed by atoms with Gasteiger partial charge in [-0.3, -0.25) is 4.31 Å². The molecule has 1 aromatic heterocycles. The zero-order chi connectivity index (χ0) is 8.93. The number of hydrogen-bond donors (Lipinski definition) is 0. The first-order valence-electron chi connectivity index (χ1n) is 3.31. The first-order valence-corrected chi connectivity index (χ1v) is 5.63. The Kier molecular flexibility index (Phi) is 1.38. The molecule has 0 N–H and O–H groups in total. The van der Waals surface area contributed by atoms with Crippen molar-refractivity contribution < 1.29 is 8.42 Å². The third-order valence-corrected chi connectivity index (χ3v) is 4.84. The van der Waals surface area contributed by atoms with Crippen LogP contribution >= 0.6 is 11.3 Å². The van der Waals surface area contributed by atoms with Crippen LogP contribution in [0.25, 0.3) is 5.70 Å². The highest BCUT2D eigenvalue weighted by atomic mass is 32.2. The van der Waals surface area contributed by atoms with Gasteiger partial charge in [0.25, 0.3) is 10.0 Å². The van der Waals surface area contributed by atoms with E-state index in [1.165, 1.54) is 22.7 Å².